The van der Waals surface area contributed by atoms with E-state index in [2.05, 4.69) is 36.1 Å². The van der Waals surface area contributed by atoms with Crippen molar-refractivity contribution in [3.63, 3.8) is 0 Å². The molecule has 0 unspecified atom stereocenters. The number of imidazole rings is 1. The second-order valence-corrected chi connectivity index (χ2v) is 6.21. The predicted octanol–water partition coefficient (Wildman–Crippen LogP) is 2.92. The summed E-state index contributed by atoms with van der Waals surface area (Å²) in [6.45, 7) is 0. The first-order chi connectivity index (χ1) is 13.3. The molecule has 27 heavy (non-hydrogen) atoms. The molecule has 0 aliphatic carbocycles. The summed E-state index contributed by atoms with van der Waals surface area (Å²) in [7, 11) is 0. The molecule has 5 aromatic heterocycles. The molecule has 8 heteroatoms. The van der Waals surface area contributed by atoms with Gasteiger partial charge in [-0.15, -0.1) is 4.68 Å². The Kier molecular flexibility index (Phi) is 2.73. The highest BCUT2D eigenvalue weighted by atomic mass is 16.3. The maximum atomic E-state index is 5.23. The van der Waals surface area contributed by atoms with E-state index in [1.54, 1.807) is 6.20 Å². The van der Waals surface area contributed by atoms with Crippen LogP contribution in [0.15, 0.2) is 65.7 Å². The zero-order valence-corrected chi connectivity index (χ0v) is 13.9. The Morgan fingerprint density at radius 1 is 0.963 bits per heavy atom. The number of para-hydroxylation sites is 1. The molecule has 0 fully saturated rings. The summed E-state index contributed by atoms with van der Waals surface area (Å²) in [6, 6.07) is 13.8. The summed E-state index contributed by atoms with van der Waals surface area (Å²) in [5, 5.41) is 4.44. The smallest absolute Gasteiger partial charge is 0.349 e. The standard InChI is InChI=1S/C19H11N7O/c1-2-4-12-11(3-1)9-26(25-12)17-6-5-13-18(23-17)24-19(22-13)15-7-14-16(8-20-15)27-10-21-14/h1-10H,(H,20,22,23,24)/p+1. The summed E-state index contributed by atoms with van der Waals surface area (Å²) >= 11 is 0. The number of aromatic amines is 2. The predicted molar refractivity (Wildman–Crippen MR) is 98.1 cm³/mol. The third-order valence-corrected chi connectivity index (χ3v) is 4.51. The Morgan fingerprint density at radius 3 is 2.89 bits per heavy atom. The van der Waals surface area contributed by atoms with Crippen LogP contribution in [0.4, 0.5) is 0 Å². The first kappa shape index (κ1) is 14.1. The number of benzene rings is 1. The zero-order valence-electron chi connectivity index (χ0n) is 13.9. The molecule has 0 aliphatic heterocycles. The normalized spacial score (nSPS) is 11.7. The summed E-state index contributed by atoms with van der Waals surface area (Å²) in [6.07, 6.45) is 5.06. The average molecular weight is 354 g/mol. The van der Waals surface area contributed by atoms with Crippen LogP contribution in [0.25, 0.3) is 50.5 Å². The van der Waals surface area contributed by atoms with Crippen molar-refractivity contribution in [2.45, 2.75) is 0 Å². The van der Waals surface area contributed by atoms with Crippen molar-refractivity contribution in [3.8, 4) is 17.3 Å². The van der Waals surface area contributed by atoms with Gasteiger partial charge in [-0.3, -0.25) is 0 Å². The van der Waals surface area contributed by atoms with Gasteiger partial charge in [0.25, 0.3) is 5.65 Å². The van der Waals surface area contributed by atoms with E-state index in [0.29, 0.717) is 22.7 Å². The van der Waals surface area contributed by atoms with Crippen molar-refractivity contribution in [2.24, 2.45) is 0 Å². The molecular weight excluding hydrogens is 342 g/mol. The van der Waals surface area contributed by atoms with Crippen LogP contribution in [0.2, 0.25) is 0 Å². The van der Waals surface area contributed by atoms with Crippen LogP contribution in [0, 0.1) is 0 Å². The molecule has 0 spiro atoms. The van der Waals surface area contributed by atoms with Gasteiger partial charge in [0.1, 0.15) is 22.9 Å². The fourth-order valence-corrected chi connectivity index (χ4v) is 3.17. The van der Waals surface area contributed by atoms with Crippen LogP contribution in [0.3, 0.4) is 0 Å². The van der Waals surface area contributed by atoms with E-state index in [4.69, 9.17) is 4.42 Å². The highest BCUT2D eigenvalue weighted by Crippen LogP contribution is 2.21. The lowest BCUT2D eigenvalue weighted by Gasteiger charge is -1.93. The molecule has 0 saturated carbocycles. The number of rotatable bonds is 2. The second kappa shape index (κ2) is 5.21. The van der Waals surface area contributed by atoms with E-state index < -0.39 is 0 Å². The molecule has 0 radical (unpaired) electrons. The number of hydrogen-bond donors (Lipinski definition) is 2. The van der Waals surface area contributed by atoms with E-state index in [1.165, 1.54) is 6.39 Å². The van der Waals surface area contributed by atoms with Gasteiger partial charge in [-0.1, -0.05) is 12.1 Å². The summed E-state index contributed by atoms with van der Waals surface area (Å²) < 4.78 is 7.12. The molecule has 8 nitrogen and oxygen atoms in total. The van der Waals surface area contributed by atoms with Crippen molar-refractivity contribution >= 4 is 33.2 Å². The number of nitrogens with zero attached hydrogens (tertiary/aromatic N) is 5. The molecule has 0 bridgehead atoms. The summed E-state index contributed by atoms with van der Waals surface area (Å²) in [5.74, 6) is 1.40. The third-order valence-electron chi connectivity index (χ3n) is 4.51. The van der Waals surface area contributed by atoms with Crippen LogP contribution >= 0.6 is 0 Å². The van der Waals surface area contributed by atoms with Gasteiger partial charge in [0.15, 0.2) is 17.8 Å². The zero-order chi connectivity index (χ0) is 17.8. The molecule has 5 heterocycles. The summed E-state index contributed by atoms with van der Waals surface area (Å²) in [4.78, 5) is 21.1. The monoisotopic (exact) mass is 354 g/mol. The minimum absolute atomic E-state index is 0.621. The van der Waals surface area contributed by atoms with Gasteiger partial charge in [0.2, 0.25) is 0 Å². The van der Waals surface area contributed by atoms with E-state index >= 15 is 0 Å². The lowest BCUT2D eigenvalue weighted by Crippen LogP contribution is -2.32. The highest BCUT2D eigenvalue weighted by Gasteiger charge is 2.17. The Hall–Kier alpha value is -4.07. The third kappa shape index (κ3) is 2.20. The minimum atomic E-state index is 0.621. The molecule has 0 aliphatic rings. The van der Waals surface area contributed by atoms with Crippen LogP contribution in [-0.2, 0) is 0 Å². The maximum absolute atomic E-state index is 5.23. The van der Waals surface area contributed by atoms with Gasteiger partial charge in [0, 0.05) is 11.5 Å². The molecule has 0 saturated heterocycles. The van der Waals surface area contributed by atoms with E-state index in [-0.39, 0.29) is 0 Å². The number of hydrogen-bond acceptors (Lipinski definition) is 5. The van der Waals surface area contributed by atoms with Gasteiger partial charge in [-0.25, -0.2) is 15.1 Å². The number of H-pyrrole nitrogens is 2. The lowest BCUT2D eigenvalue weighted by atomic mass is 10.3. The van der Waals surface area contributed by atoms with Gasteiger partial charge < -0.3 is 9.40 Å². The van der Waals surface area contributed by atoms with Gasteiger partial charge in [-0.05, 0) is 29.2 Å². The van der Waals surface area contributed by atoms with Crippen molar-refractivity contribution < 1.29 is 9.10 Å². The Morgan fingerprint density at radius 2 is 1.93 bits per heavy atom. The fourth-order valence-electron chi connectivity index (χ4n) is 3.17. The minimum Gasteiger partial charge on any atom is -0.442 e. The van der Waals surface area contributed by atoms with E-state index in [9.17, 15) is 0 Å². The number of oxazole rings is 1. The van der Waals surface area contributed by atoms with Crippen molar-refractivity contribution in [3.05, 3.63) is 61.3 Å². The Labute approximate surface area is 151 Å². The van der Waals surface area contributed by atoms with Crippen LogP contribution in [-0.4, -0.2) is 30.0 Å². The first-order valence-electron chi connectivity index (χ1n) is 8.40. The molecule has 6 aromatic rings. The Bertz CT molecular complexity index is 1410. The van der Waals surface area contributed by atoms with E-state index in [0.717, 1.165) is 27.8 Å². The molecule has 0 amide bonds. The van der Waals surface area contributed by atoms with Gasteiger partial charge in [0.05, 0.1) is 11.7 Å². The van der Waals surface area contributed by atoms with Crippen molar-refractivity contribution in [1.82, 2.24) is 30.0 Å². The van der Waals surface area contributed by atoms with Gasteiger partial charge >= 0.3 is 5.82 Å². The maximum Gasteiger partial charge on any atom is 0.349 e. The van der Waals surface area contributed by atoms with Crippen LogP contribution < -0.4 is 4.68 Å². The fraction of sp³-hybridized carbons (Fsp3) is 0. The Balaban J connectivity index is 1.46. The molecule has 6 rings (SSSR count). The molecule has 128 valence electrons. The number of aromatic nitrogens is 7. The SMILES string of the molecule is c1ccc2[nH][n+](-c3ccc4[nH]c(-c5cc6ncoc6cn5)nc4n3)cc2c1. The first-order valence-corrected chi connectivity index (χ1v) is 8.40. The molecule has 1 aromatic carbocycles. The molecule has 0 atom stereocenters. The van der Waals surface area contributed by atoms with Crippen molar-refractivity contribution in [1.29, 1.82) is 0 Å². The average Bonchev–Trinajstić information content (AvgIpc) is 3.42. The second-order valence-electron chi connectivity index (χ2n) is 6.21. The highest BCUT2D eigenvalue weighted by molar-refractivity contribution is 5.80. The topological polar surface area (TPSA) is 100 Å². The lowest BCUT2D eigenvalue weighted by molar-refractivity contribution is -0.656. The molecule has 2 N–H and O–H groups in total. The molecular formula is C19H12N7O+. The summed E-state index contributed by atoms with van der Waals surface area (Å²) in [5.41, 5.74) is 4.58. The number of fused-ring (bicyclic) bond motifs is 3. The largest absolute Gasteiger partial charge is 0.442 e. The van der Waals surface area contributed by atoms with Crippen LogP contribution in [0.5, 0.6) is 0 Å². The quantitative estimate of drug-likeness (QED) is 0.466. The van der Waals surface area contributed by atoms with Crippen LogP contribution in [0.1, 0.15) is 0 Å². The number of nitrogens with one attached hydrogen (secondary N) is 2. The number of pyridine rings is 2. The van der Waals surface area contributed by atoms with Gasteiger partial charge in [-0.2, -0.15) is 4.98 Å². The van der Waals surface area contributed by atoms with E-state index in [1.807, 2.05) is 47.3 Å². The van der Waals surface area contributed by atoms with Crippen molar-refractivity contribution in [2.75, 3.05) is 0 Å².